The molecule has 0 aliphatic heterocycles. The third-order valence-electron chi connectivity index (χ3n) is 0.765. The average molecular weight is 139 g/mol. The lowest BCUT2D eigenvalue weighted by Gasteiger charge is -2.02. The van der Waals surface area contributed by atoms with Crippen molar-refractivity contribution in [2.24, 2.45) is 0 Å². The Hall–Kier alpha value is -0.223. The molecular formula is C8H15Si. The van der Waals surface area contributed by atoms with E-state index >= 15 is 0 Å². The smallest absolute Gasteiger partial charge is 0.129 e. The van der Waals surface area contributed by atoms with Crippen molar-refractivity contribution in [3.05, 3.63) is 6.92 Å². The van der Waals surface area contributed by atoms with Gasteiger partial charge in [0.2, 0.25) is 0 Å². The highest BCUT2D eigenvalue weighted by molar-refractivity contribution is 6.83. The molecule has 0 aliphatic rings. The van der Waals surface area contributed by atoms with E-state index in [4.69, 9.17) is 0 Å². The maximum Gasteiger partial charge on any atom is 0.129 e. The second-order valence-electron chi connectivity index (χ2n) is 3.16. The standard InChI is InChI=1S/C8H15Si/c1-5-6-7-8-9(2,3)4/h1,5-6H2,2-4H3. The SMILES string of the molecule is [CH2]CCC#C[Si](C)(C)C. The highest BCUT2D eigenvalue weighted by Crippen LogP contribution is 1.96. The van der Waals surface area contributed by atoms with Crippen molar-refractivity contribution in [3.8, 4) is 11.5 Å². The second kappa shape index (κ2) is 3.74. The fourth-order valence-electron chi connectivity index (χ4n) is 0.416. The fourth-order valence-corrected chi connectivity index (χ4v) is 1.07. The Morgan fingerprint density at radius 2 is 1.89 bits per heavy atom. The summed E-state index contributed by atoms with van der Waals surface area (Å²) in [5.74, 6) is 3.12. The van der Waals surface area contributed by atoms with Crippen molar-refractivity contribution in [2.75, 3.05) is 0 Å². The average Bonchev–Trinajstić information content (AvgIpc) is 1.63. The van der Waals surface area contributed by atoms with Gasteiger partial charge in [-0.25, -0.2) is 0 Å². The summed E-state index contributed by atoms with van der Waals surface area (Å²) < 4.78 is 0. The van der Waals surface area contributed by atoms with E-state index in [1.807, 2.05) is 0 Å². The van der Waals surface area contributed by atoms with Gasteiger partial charge in [0, 0.05) is 6.42 Å². The van der Waals surface area contributed by atoms with Crippen LogP contribution in [0.2, 0.25) is 19.6 Å². The highest BCUT2D eigenvalue weighted by Gasteiger charge is 2.06. The first kappa shape index (κ1) is 8.78. The fraction of sp³-hybridized carbons (Fsp3) is 0.625. The zero-order valence-corrected chi connectivity index (χ0v) is 7.62. The summed E-state index contributed by atoms with van der Waals surface area (Å²) in [6, 6.07) is 0. The summed E-state index contributed by atoms with van der Waals surface area (Å²) in [4.78, 5) is 0. The molecule has 0 spiro atoms. The van der Waals surface area contributed by atoms with Gasteiger partial charge < -0.3 is 0 Å². The van der Waals surface area contributed by atoms with Crippen LogP contribution in [0.3, 0.4) is 0 Å². The molecule has 0 atom stereocenters. The van der Waals surface area contributed by atoms with Crippen LogP contribution in [0, 0.1) is 18.4 Å². The Balaban J connectivity index is 3.59. The summed E-state index contributed by atoms with van der Waals surface area (Å²) in [6.45, 7) is 10.5. The molecule has 51 valence electrons. The van der Waals surface area contributed by atoms with Crippen LogP contribution in [0.5, 0.6) is 0 Å². The third kappa shape index (κ3) is 7.78. The molecule has 1 radical (unpaired) electrons. The molecule has 0 aromatic carbocycles. The van der Waals surface area contributed by atoms with Crippen molar-refractivity contribution in [2.45, 2.75) is 32.5 Å². The zero-order chi connectivity index (χ0) is 7.33. The van der Waals surface area contributed by atoms with Crippen LogP contribution in [0.4, 0.5) is 0 Å². The van der Waals surface area contributed by atoms with Crippen LogP contribution >= 0.6 is 0 Å². The van der Waals surface area contributed by atoms with Crippen molar-refractivity contribution in [3.63, 3.8) is 0 Å². The molecule has 0 heterocycles. The quantitative estimate of drug-likeness (QED) is 0.387. The number of hydrogen-bond donors (Lipinski definition) is 0. The molecule has 0 saturated carbocycles. The van der Waals surface area contributed by atoms with Crippen LogP contribution in [-0.2, 0) is 0 Å². The van der Waals surface area contributed by atoms with Gasteiger partial charge in [-0.2, -0.15) is 0 Å². The van der Waals surface area contributed by atoms with Crippen molar-refractivity contribution < 1.29 is 0 Å². The Morgan fingerprint density at radius 3 is 2.22 bits per heavy atom. The molecule has 0 unspecified atom stereocenters. The first-order valence-corrected chi connectivity index (χ1v) is 6.85. The van der Waals surface area contributed by atoms with Gasteiger partial charge in [-0.05, 0) is 6.42 Å². The van der Waals surface area contributed by atoms with Gasteiger partial charge in [0.25, 0.3) is 0 Å². The van der Waals surface area contributed by atoms with Crippen LogP contribution in [0.1, 0.15) is 12.8 Å². The molecule has 0 aromatic rings. The largest absolute Gasteiger partial charge is 0.132 e. The van der Waals surface area contributed by atoms with Gasteiger partial charge in [0.15, 0.2) is 0 Å². The van der Waals surface area contributed by atoms with Crippen LogP contribution in [0.15, 0.2) is 0 Å². The van der Waals surface area contributed by atoms with E-state index in [-0.39, 0.29) is 0 Å². The first-order valence-electron chi connectivity index (χ1n) is 3.35. The van der Waals surface area contributed by atoms with E-state index in [1.54, 1.807) is 0 Å². The number of hydrogen-bond acceptors (Lipinski definition) is 0. The van der Waals surface area contributed by atoms with Gasteiger partial charge in [0.05, 0.1) is 0 Å². The minimum atomic E-state index is -1.08. The third-order valence-corrected chi connectivity index (χ3v) is 1.69. The normalized spacial score (nSPS) is 10.2. The molecule has 0 N–H and O–H groups in total. The van der Waals surface area contributed by atoms with Crippen LogP contribution in [0.25, 0.3) is 0 Å². The lowest BCUT2D eigenvalue weighted by atomic mass is 10.4. The highest BCUT2D eigenvalue weighted by atomic mass is 28.3. The van der Waals surface area contributed by atoms with E-state index in [9.17, 15) is 0 Å². The number of unbranched alkanes of at least 4 members (excludes halogenated alkanes) is 1. The minimum Gasteiger partial charge on any atom is -0.132 e. The lowest BCUT2D eigenvalue weighted by Crippen LogP contribution is -2.16. The van der Waals surface area contributed by atoms with Crippen molar-refractivity contribution >= 4 is 8.07 Å². The maximum absolute atomic E-state index is 3.72. The summed E-state index contributed by atoms with van der Waals surface area (Å²) in [5.41, 5.74) is 3.27. The van der Waals surface area contributed by atoms with Crippen molar-refractivity contribution in [1.29, 1.82) is 0 Å². The predicted molar refractivity (Wildman–Crippen MR) is 45.7 cm³/mol. The van der Waals surface area contributed by atoms with Gasteiger partial charge in [0.1, 0.15) is 8.07 Å². The van der Waals surface area contributed by atoms with E-state index in [0.29, 0.717) is 0 Å². The molecule has 0 fully saturated rings. The van der Waals surface area contributed by atoms with Crippen LogP contribution in [-0.4, -0.2) is 8.07 Å². The molecule has 0 bridgehead atoms. The van der Waals surface area contributed by atoms with Gasteiger partial charge in [-0.3, -0.25) is 0 Å². The van der Waals surface area contributed by atoms with Crippen molar-refractivity contribution in [1.82, 2.24) is 0 Å². The first-order chi connectivity index (χ1) is 4.06. The van der Waals surface area contributed by atoms with E-state index in [2.05, 4.69) is 38.0 Å². The number of rotatable bonds is 1. The van der Waals surface area contributed by atoms with Crippen LogP contribution < -0.4 is 0 Å². The molecule has 0 saturated heterocycles. The Bertz CT molecular complexity index is 120. The van der Waals surface area contributed by atoms with E-state index < -0.39 is 8.07 Å². The van der Waals surface area contributed by atoms with E-state index in [1.165, 1.54) is 0 Å². The maximum atomic E-state index is 3.72. The summed E-state index contributed by atoms with van der Waals surface area (Å²) >= 11 is 0. The summed E-state index contributed by atoms with van der Waals surface area (Å²) in [5, 5.41) is 0. The Morgan fingerprint density at radius 1 is 1.33 bits per heavy atom. The lowest BCUT2D eigenvalue weighted by molar-refractivity contribution is 1.08. The topological polar surface area (TPSA) is 0 Å². The molecule has 1 heteroatoms. The predicted octanol–water partition coefficient (Wildman–Crippen LogP) is 2.48. The van der Waals surface area contributed by atoms with Gasteiger partial charge in [-0.15, -0.1) is 11.5 Å². The molecular weight excluding hydrogens is 124 g/mol. The molecule has 0 nitrogen and oxygen atoms in total. The minimum absolute atomic E-state index is 0.942. The monoisotopic (exact) mass is 139 g/mol. The molecule has 0 amide bonds. The Labute approximate surface area is 59.7 Å². The molecule has 9 heavy (non-hydrogen) atoms. The molecule has 0 aromatic heterocycles. The van der Waals surface area contributed by atoms with E-state index in [0.717, 1.165) is 12.8 Å². The van der Waals surface area contributed by atoms with Gasteiger partial charge in [-0.1, -0.05) is 26.6 Å². The summed E-state index contributed by atoms with van der Waals surface area (Å²) in [6.07, 6.45) is 1.90. The summed E-state index contributed by atoms with van der Waals surface area (Å²) in [7, 11) is -1.08. The zero-order valence-electron chi connectivity index (χ0n) is 6.62. The second-order valence-corrected chi connectivity index (χ2v) is 7.91. The Kier molecular flexibility index (Phi) is 3.64. The molecule has 0 rings (SSSR count). The van der Waals surface area contributed by atoms with Gasteiger partial charge >= 0.3 is 0 Å². The molecule has 0 aliphatic carbocycles.